The summed E-state index contributed by atoms with van der Waals surface area (Å²) in [6.07, 6.45) is 3.07. The van der Waals surface area contributed by atoms with Crippen molar-refractivity contribution in [2.75, 3.05) is 31.2 Å². The van der Waals surface area contributed by atoms with E-state index in [0.717, 1.165) is 57.7 Å². The van der Waals surface area contributed by atoms with Crippen LogP contribution in [0.3, 0.4) is 0 Å². The standard InChI is InChI=1S/C28H37FN4O4/c1-28(2,3)37-27(35)33-23-7-5-18(11-23)25(33)26(34)31-21(13-30)10-17-4-6-22(12-24(17)29)32-9-8-19-15-36-16-20(19)14-32/h4,6,12,18-21,23,25H,5,7-11,14-16H2,1-3H3,(H,31,34). The van der Waals surface area contributed by atoms with Crippen molar-refractivity contribution in [3.05, 3.63) is 29.6 Å². The SMILES string of the molecule is CC(C)(C)OC(=O)N1C2CCC(C2)C1C(=O)NC(C#N)Cc1ccc(N2CCC3COCC3C2)cc1F. The molecule has 6 unspecified atom stereocenters. The molecule has 3 heterocycles. The molecule has 8 nitrogen and oxygen atoms in total. The molecular formula is C28H37FN4O4. The molecule has 2 amide bonds. The van der Waals surface area contributed by atoms with Crippen LogP contribution < -0.4 is 10.2 Å². The van der Waals surface area contributed by atoms with E-state index in [4.69, 9.17) is 9.47 Å². The number of nitrogens with zero attached hydrogens (tertiary/aromatic N) is 3. The van der Waals surface area contributed by atoms with Gasteiger partial charge in [-0.25, -0.2) is 9.18 Å². The first kappa shape index (κ1) is 25.8. The fourth-order valence-corrected chi connectivity index (χ4v) is 6.50. The van der Waals surface area contributed by atoms with Gasteiger partial charge >= 0.3 is 6.09 Å². The van der Waals surface area contributed by atoms with Crippen LogP contribution in [0.2, 0.25) is 0 Å². The zero-order valence-corrected chi connectivity index (χ0v) is 21.9. The molecule has 1 aromatic rings. The molecule has 4 aliphatic rings. The van der Waals surface area contributed by atoms with Crippen LogP contribution in [0.1, 0.15) is 52.0 Å². The maximum atomic E-state index is 15.1. The zero-order chi connectivity index (χ0) is 26.3. The summed E-state index contributed by atoms with van der Waals surface area (Å²) in [5.41, 5.74) is 0.547. The van der Waals surface area contributed by atoms with Gasteiger partial charge in [-0.2, -0.15) is 5.26 Å². The van der Waals surface area contributed by atoms with Crippen molar-refractivity contribution in [3.8, 4) is 6.07 Å². The Balaban J connectivity index is 1.23. The largest absolute Gasteiger partial charge is 0.444 e. The molecule has 1 aromatic carbocycles. The van der Waals surface area contributed by atoms with Gasteiger partial charge in [0, 0.05) is 43.8 Å². The van der Waals surface area contributed by atoms with Gasteiger partial charge in [-0.3, -0.25) is 9.69 Å². The Bertz CT molecular complexity index is 1080. The van der Waals surface area contributed by atoms with Gasteiger partial charge in [-0.1, -0.05) is 6.07 Å². The van der Waals surface area contributed by atoms with E-state index in [0.29, 0.717) is 17.4 Å². The predicted octanol–water partition coefficient (Wildman–Crippen LogP) is 3.64. The maximum absolute atomic E-state index is 15.1. The highest BCUT2D eigenvalue weighted by atomic mass is 19.1. The molecule has 1 aliphatic carbocycles. The second kappa shape index (κ2) is 10.1. The average molecular weight is 513 g/mol. The Morgan fingerprint density at radius 3 is 2.73 bits per heavy atom. The summed E-state index contributed by atoms with van der Waals surface area (Å²) >= 11 is 0. The van der Waals surface area contributed by atoms with Gasteiger partial charge < -0.3 is 19.7 Å². The summed E-state index contributed by atoms with van der Waals surface area (Å²) < 4.78 is 26.3. The van der Waals surface area contributed by atoms with Gasteiger partial charge in [0.15, 0.2) is 0 Å². The third-order valence-corrected chi connectivity index (χ3v) is 8.31. The summed E-state index contributed by atoms with van der Waals surface area (Å²) in [6, 6.07) is 5.64. The number of carbonyl (C=O) groups excluding carboxylic acids is 2. The number of carbonyl (C=O) groups is 2. The second-order valence-corrected chi connectivity index (χ2v) is 12.0. The number of halogens is 1. The van der Waals surface area contributed by atoms with Crippen LogP contribution in [0.4, 0.5) is 14.9 Å². The molecule has 2 bridgehead atoms. The summed E-state index contributed by atoms with van der Waals surface area (Å²) in [5.74, 6) is 0.375. The molecule has 3 saturated heterocycles. The number of nitrogens with one attached hydrogen (secondary N) is 1. The predicted molar refractivity (Wildman–Crippen MR) is 135 cm³/mol. The van der Waals surface area contributed by atoms with Crippen molar-refractivity contribution in [2.24, 2.45) is 17.8 Å². The fourth-order valence-electron chi connectivity index (χ4n) is 6.50. The number of ether oxygens (including phenoxy) is 2. The molecule has 4 fully saturated rings. The molecule has 9 heteroatoms. The first-order valence-electron chi connectivity index (χ1n) is 13.5. The van der Waals surface area contributed by atoms with E-state index in [1.54, 1.807) is 31.7 Å². The average Bonchev–Trinajstić information content (AvgIpc) is 3.59. The number of piperidine rings is 2. The first-order valence-corrected chi connectivity index (χ1v) is 13.5. The molecule has 1 N–H and O–H groups in total. The van der Waals surface area contributed by atoms with E-state index < -0.39 is 23.8 Å². The number of nitriles is 1. The summed E-state index contributed by atoms with van der Waals surface area (Å²) in [6.45, 7) is 8.71. The highest BCUT2D eigenvalue weighted by Gasteiger charge is 2.52. The highest BCUT2D eigenvalue weighted by Crippen LogP contribution is 2.43. The van der Waals surface area contributed by atoms with E-state index in [1.165, 1.54) is 6.07 Å². The Labute approximate surface area is 218 Å². The summed E-state index contributed by atoms with van der Waals surface area (Å²) in [4.78, 5) is 29.9. The topological polar surface area (TPSA) is 94.9 Å². The Morgan fingerprint density at radius 1 is 1.22 bits per heavy atom. The highest BCUT2D eigenvalue weighted by molar-refractivity contribution is 5.87. The van der Waals surface area contributed by atoms with Crippen LogP contribution in [0, 0.1) is 34.9 Å². The molecular weight excluding hydrogens is 475 g/mol. The second-order valence-electron chi connectivity index (χ2n) is 12.0. The minimum Gasteiger partial charge on any atom is -0.444 e. The molecule has 6 atom stereocenters. The Hall–Kier alpha value is -2.86. The molecule has 200 valence electrons. The van der Waals surface area contributed by atoms with E-state index in [9.17, 15) is 14.9 Å². The molecule has 3 aliphatic heterocycles. The van der Waals surface area contributed by atoms with E-state index in [2.05, 4.69) is 16.3 Å². The van der Waals surface area contributed by atoms with Crippen molar-refractivity contribution >= 4 is 17.7 Å². The minimum atomic E-state index is -0.904. The lowest BCUT2D eigenvalue weighted by atomic mass is 9.88. The van der Waals surface area contributed by atoms with Crippen LogP contribution in [0.5, 0.6) is 0 Å². The number of hydrogen-bond donors (Lipinski definition) is 1. The van der Waals surface area contributed by atoms with E-state index in [-0.39, 0.29) is 30.1 Å². The lowest BCUT2D eigenvalue weighted by Crippen LogP contribution is -2.55. The lowest BCUT2D eigenvalue weighted by molar-refractivity contribution is -0.128. The minimum absolute atomic E-state index is 0.0259. The quantitative estimate of drug-likeness (QED) is 0.647. The number of hydrogen-bond acceptors (Lipinski definition) is 6. The van der Waals surface area contributed by atoms with Gasteiger partial charge in [-0.05, 0) is 76.0 Å². The molecule has 5 rings (SSSR count). The molecule has 37 heavy (non-hydrogen) atoms. The number of amides is 2. The number of likely N-dealkylation sites (tertiary alicyclic amines) is 1. The summed E-state index contributed by atoms with van der Waals surface area (Å²) in [7, 11) is 0. The molecule has 0 aromatic heterocycles. The number of benzene rings is 1. The number of rotatable bonds is 5. The fraction of sp³-hybridized carbons (Fsp3) is 0.679. The monoisotopic (exact) mass is 512 g/mol. The van der Waals surface area contributed by atoms with E-state index in [1.807, 2.05) is 6.07 Å². The Kier molecular flexibility index (Phi) is 7.06. The van der Waals surface area contributed by atoms with Crippen molar-refractivity contribution in [3.63, 3.8) is 0 Å². The van der Waals surface area contributed by atoms with Crippen LogP contribution >= 0.6 is 0 Å². The number of fused-ring (bicyclic) bond motifs is 3. The van der Waals surface area contributed by atoms with Crippen molar-refractivity contribution < 1.29 is 23.5 Å². The first-order chi connectivity index (χ1) is 17.6. The molecule has 0 radical (unpaired) electrons. The van der Waals surface area contributed by atoms with E-state index >= 15 is 4.39 Å². The summed E-state index contributed by atoms with van der Waals surface area (Å²) in [5, 5.41) is 12.5. The van der Waals surface area contributed by atoms with Gasteiger partial charge in [0.2, 0.25) is 5.91 Å². The zero-order valence-electron chi connectivity index (χ0n) is 21.9. The normalized spacial score (nSPS) is 29.5. The molecule has 1 saturated carbocycles. The van der Waals surface area contributed by atoms with Crippen LogP contribution in [0.15, 0.2) is 18.2 Å². The Morgan fingerprint density at radius 2 is 2.00 bits per heavy atom. The van der Waals surface area contributed by atoms with Crippen LogP contribution in [-0.2, 0) is 20.7 Å². The third-order valence-electron chi connectivity index (χ3n) is 8.31. The van der Waals surface area contributed by atoms with Gasteiger partial charge in [-0.15, -0.1) is 0 Å². The van der Waals surface area contributed by atoms with Crippen molar-refractivity contribution in [2.45, 2.75) is 76.6 Å². The number of anilines is 1. The van der Waals surface area contributed by atoms with Gasteiger partial charge in [0.05, 0.1) is 12.7 Å². The maximum Gasteiger partial charge on any atom is 0.411 e. The lowest BCUT2D eigenvalue weighted by Gasteiger charge is -2.36. The molecule has 0 spiro atoms. The van der Waals surface area contributed by atoms with Gasteiger partial charge in [0.25, 0.3) is 0 Å². The van der Waals surface area contributed by atoms with Crippen LogP contribution in [0.25, 0.3) is 0 Å². The van der Waals surface area contributed by atoms with Gasteiger partial charge in [0.1, 0.15) is 23.5 Å². The smallest absolute Gasteiger partial charge is 0.411 e. The van der Waals surface area contributed by atoms with Crippen molar-refractivity contribution in [1.29, 1.82) is 5.26 Å². The van der Waals surface area contributed by atoms with Crippen LogP contribution in [-0.4, -0.2) is 66.9 Å². The van der Waals surface area contributed by atoms with Crippen molar-refractivity contribution in [1.82, 2.24) is 10.2 Å². The third kappa shape index (κ3) is 5.40.